The van der Waals surface area contributed by atoms with Crippen molar-refractivity contribution in [2.45, 2.75) is 33.2 Å². The van der Waals surface area contributed by atoms with Gasteiger partial charge in [-0.15, -0.1) is 0 Å². The third kappa shape index (κ3) is 4.24. The molecule has 0 unspecified atom stereocenters. The minimum absolute atomic E-state index is 0.0333. The number of aryl methyl sites for hydroxylation is 2. The first kappa shape index (κ1) is 21.6. The molecule has 7 nitrogen and oxygen atoms in total. The summed E-state index contributed by atoms with van der Waals surface area (Å²) in [6.07, 6.45) is 3.42. The quantitative estimate of drug-likeness (QED) is 0.691. The number of hydrogen-bond acceptors (Lipinski definition) is 5. The van der Waals surface area contributed by atoms with Gasteiger partial charge in [-0.2, -0.15) is 0 Å². The van der Waals surface area contributed by atoms with E-state index < -0.39 is 5.41 Å². The zero-order chi connectivity index (χ0) is 22.0. The van der Waals surface area contributed by atoms with Crippen molar-refractivity contribution in [3.8, 4) is 0 Å². The fraction of sp³-hybridized carbons (Fsp3) is 0.542. The van der Waals surface area contributed by atoms with E-state index in [0.717, 1.165) is 30.8 Å². The van der Waals surface area contributed by atoms with Crippen molar-refractivity contribution < 1.29 is 14.3 Å². The molecule has 2 fully saturated rings. The fourth-order valence-corrected chi connectivity index (χ4v) is 5.21. The van der Waals surface area contributed by atoms with Crippen molar-refractivity contribution in [2.75, 3.05) is 32.8 Å². The highest BCUT2D eigenvalue weighted by Gasteiger charge is 2.54. The lowest BCUT2D eigenvalue weighted by Gasteiger charge is -2.31. The number of hydrogen-bond donors (Lipinski definition) is 0. The minimum atomic E-state index is -0.566. The number of ether oxygens (including phenoxy) is 1. The van der Waals surface area contributed by atoms with Crippen molar-refractivity contribution in [3.05, 3.63) is 53.6 Å². The number of esters is 1. The minimum Gasteiger partial charge on any atom is -0.466 e. The van der Waals surface area contributed by atoms with Crippen LogP contribution in [0.25, 0.3) is 0 Å². The molecule has 2 atom stereocenters. The summed E-state index contributed by atoms with van der Waals surface area (Å²) in [6, 6.07) is 9.79. The van der Waals surface area contributed by atoms with Gasteiger partial charge in [0, 0.05) is 57.6 Å². The van der Waals surface area contributed by atoms with Crippen molar-refractivity contribution in [1.29, 1.82) is 0 Å². The summed E-state index contributed by atoms with van der Waals surface area (Å²) >= 11 is 0. The van der Waals surface area contributed by atoms with Gasteiger partial charge in [-0.1, -0.05) is 6.07 Å². The van der Waals surface area contributed by atoms with Crippen molar-refractivity contribution in [2.24, 2.45) is 18.4 Å². The lowest BCUT2D eigenvalue weighted by atomic mass is 9.75. The van der Waals surface area contributed by atoms with E-state index in [4.69, 9.17) is 4.74 Å². The van der Waals surface area contributed by atoms with Crippen LogP contribution in [0.15, 0.2) is 36.5 Å². The molecular weight excluding hydrogens is 392 g/mol. The van der Waals surface area contributed by atoms with E-state index in [2.05, 4.69) is 9.88 Å². The Bertz CT molecular complexity index is 956. The summed E-state index contributed by atoms with van der Waals surface area (Å²) in [5.74, 6) is -0.0399. The first-order chi connectivity index (χ1) is 14.9. The van der Waals surface area contributed by atoms with Crippen LogP contribution in [-0.2, 0) is 23.1 Å². The number of likely N-dealkylation sites (tertiary alicyclic amines) is 2. The van der Waals surface area contributed by atoms with Gasteiger partial charge in [0.2, 0.25) is 0 Å². The summed E-state index contributed by atoms with van der Waals surface area (Å²) < 4.78 is 7.41. The number of nitrogens with zero attached hydrogens (tertiary/aromatic N) is 4. The van der Waals surface area contributed by atoms with Crippen LogP contribution in [0.4, 0.5) is 0 Å². The highest BCUT2D eigenvalue weighted by atomic mass is 16.5. The van der Waals surface area contributed by atoms with Crippen molar-refractivity contribution in [1.82, 2.24) is 19.4 Å². The van der Waals surface area contributed by atoms with Crippen LogP contribution < -0.4 is 0 Å². The third-order valence-corrected chi connectivity index (χ3v) is 6.72. The van der Waals surface area contributed by atoms with Gasteiger partial charge >= 0.3 is 5.97 Å². The first-order valence-electron chi connectivity index (χ1n) is 11.2. The molecule has 2 saturated heterocycles. The molecule has 4 rings (SSSR count). The van der Waals surface area contributed by atoms with E-state index in [9.17, 15) is 9.59 Å². The SMILES string of the molecule is CCOC(=O)[C@]12CCCN(C(=O)c3cccn3C)C[C@H]1CN(Cc1cccc(C)n1)C2. The molecule has 1 amide bonds. The Morgan fingerprint density at radius 3 is 2.77 bits per heavy atom. The fourth-order valence-electron chi connectivity index (χ4n) is 5.21. The molecule has 7 heteroatoms. The Morgan fingerprint density at radius 2 is 2.06 bits per heavy atom. The molecule has 0 saturated carbocycles. The normalized spacial score (nSPS) is 24.0. The lowest BCUT2D eigenvalue weighted by Crippen LogP contribution is -2.43. The Labute approximate surface area is 184 Å². The molecule has 0 radical (unpaired) electrons. The molecule has 2 aromatic rings. The predicted molar refractivity (Wildman–Crippen MR) is 117 cm³/mol. The Balaban J connectivity index is 1.58. The smallest absolute Gasteiger partial charge is 0.313 e. The van der Waals surface area contributed by atoms with Crippen LogP contribution in [0.3, 0.4) is 0 Å². The second-order valence-corrected chi connectivity index (χ2v) is 8.87. The average molecular weight is 425 g/mol. The zero-order valence-electron chi connectivity index (χ0n) is 18.7. The molecule has 2 aliphatic heterocycles. The second kappa shape index (κ2) is 8.83. The third-order valence-electron chi connectivity index (χ3n) is 6.72. The van der Waals surface area contributed by atoms with E-state index in [1.54, 1.807) is 0 Å². The molecule has 31 heavy (non-hydrogen) atoms. The first-order valence-corrected chi connectivity index (χ1v) is 11.2. The molecule has 0 spiro atoms. The van der Waals surface area contributed by atoms with Gasteiger partial charge in [-0.3, -0.25) is 19.5 Å². The van der Waals surface area contributed by atoms with Crippen molar-refractivity contribution in [3.63, 3.8) is 0 Å². The van der Waals surface area contributed by atoms with Crippen LogP contribution in [0, 0.1) is 18.3 Å². The highest BCUT2D eigenvalue weighted by molar-refractivity contribution is 5.93. The molecule has 0 aliphatic carbocycles. The molecule has 0 N–H and O–H groups in total. The van der Waals surface area contributed by atoms with E-state index in [0.29, 0.717) is 38.5 Å². The summed E-state index contributed by atoms with van der Waals surface area (Å²) in [6.45, 7) is 7.56. The Morgan fingerprint density at radius 1 is 1.23 bits per heavy atom. The maximum atomic E-state index is 13.2. The Kier molecular flexibility index (Phi) is 6.14. The van der Waals surface area contributed by atoms with Gasteiger partial charge in [-0.05, 0) is 51.0 Å². The Hall–Kier alpha value is -2.67. The summed E-state index contributed by atoms with van der Waals surface area (Å²) in [5, 5.41) is 0. The number of amides is 1. The molecule has 0 bridgehead atoms. The molecular formula is C24H32N4O3. The topological polar surface area (TPSA) is 67.7 Å². The zero-order valence-corrected chi connectivity index (χ0v) is 18.7. The number of pyridine rings is 1. The highest BCUT2D eigenvalue weighted by Crippen LogP contribution is 2.44. The van der Waals surface area contributed by atoms with Crippen LogP contribution in [0.1, 0.15) is 41.6 Å². The van der Waals surface area contributed by atoms with Gasteiger partial charge in [0.25, 0.3) is 5.91 Å². The van der Waals surface area contributed by atoms with Gasteiger partial charge in [0.1, 0.15) is 5.69 Å². The largest absolute Gasteiger partial charge is 0.466 e. The van der Waals surface area contributed by atoms with Crippen LogP contribution in [0.5, 0.6) is 0 Å². The maximum absolute atomic E-state index is 13.2. The monoisotopic (exact) mass is 424 g/mol. The molecule has 2 aliphatic rings. The van der Waals surface area contributed by atoms with Gasteiger partial charge in [0.05, 0.1) is 17.7 Å². The molecule has 166 valence electrons. The number of aromatic nitrogens is 2. The van der Waals surface area contributed by atoms with E-state index >= 15 is 0 Å². The molecule has 2 aromatic heterocycles. The lowest BCUT2D eigenvalue weighted by molar-refractivity contribution is -0.157. The maximum Gasteiger partial charge on any atom is 0.313 e. The van der Waals surface area contributed by atoms with E-state index in [1.807, 2.05) is 66.9 Å². The van der Waals surface area contributed by atoms with E-state index in [1.165, 1.54) is 0 Å². The van der Waals surface area contributed by atoms with Gasteiger partial charge < -0.3 is 14.2 Å². The number of fused-ring (bicyclic) bond motifs is 1. The van der Waals surface area contributed by atoms with E-state index in [-0.39, 0.29) is 17.8 Å². The average Bonchev–Trinajstić information content (AvgIpc) is 3.26. The van der Waals surface area contributed by atoms with Crippen LogP contribution in [0.2, 0.25) is 0 Å². The molecule has 4 heterocycles. The molecule has 0 aromatic carbocycles. The summed E-state index contributed by atoms with van der Waals surface area (Å²) in [7, 11) is 1.89. The standard InChI is InChI=1S/C24H32N4O3/c1-4-31-23(30)24-11-7-13-28(22(29)21-10-6-12-26(21)3)15-19(24)14-27(17-24)16-20-9-5-8-18(2)25-20/h5-6,8-10,12,19H,4,7,11,13-17H2,1-3H3/t19-,24+/m1/s1. The van der Waals surface area contributed by atoms with Crippen LogP contribution >= 0.6 is 0 Å². The number of carbonyl (C=O) groups is 2. The number of rotatable bonds is 5. The van der Waals surface area contributed by atoms with Crippen LogP contribution in [-0.4, -0.2) is 64.0 Å². The van der Waals surface area contributed by atoms with Gasteiger partial charge in [0.15, 0.2) is 0 Å². The summed E-state index contributed by atoms with van der Waals surface area (Å²) in [5.41, 5.74) is 2.11. The van der Waals surface area contributed by atoms with Crippen molar-refractivity contribution >= 4 is 11.9 Å². The number of carbonyl (C=O) groups excluding carboxylic acids is 2. The van der Waals surface area contributed by atoms with Gasteiger partial charge in [-0.25, -0.2) is 0 Å². The summed E-state index contributed by atoms with van der Waals surface area (Å²) in [4.78, 5) is 35.3. The predicted octanol–water partition coefficient (Wildman–Crippen LogP) is 2.65. The second-order valence-electron chi connectivity index (χ2n) is 8.87.